The summed E-state index contributed by atoms with van der Waals surface area (Å²) in [5.74, 6) is 0.581. The van der Waals surface area contributed by atoms with Gasteiger partial charge in [0.15, 0.2) is 5.75 Å². The molecule has 7 nitrogen and oxygen atoms in total. The van der Waals surface area contributed by atoms with Crippen LogP contribution >= 0.6 is 11.3 Å². The fourth-order valence-electron chi connectivity index (χ4n) is 2.03. The molecule has 0 aliphatic carbocycles. The van der Waals surface area contributed by atoms with Crippen molar-refractivity contribution in [3.8, 4) is 5.75 Å². The molecule has 0 aliphatic heterocycles. The largest absolute Gasteiger partial charge is 0.383 e. The lowest BCUT2D eigenvalue weighted by molar-refractivity contribution is 0.485. The monoisotopic (exact) mass is 388 g/mol. The highest BCUT2D eigenvalue weighted by atomic mass is 32.2. The van der Waals surface area contributed by atoms with Gasteiger partial charge in [0.1, 0.15) is 10.7 Å². The van der Waals surface area contributed by atoms with E-state index in [4.69, 9.17) is 9.92 Å². The third kappa shape index (κ3) is 4.38. The van der Waals surface area contributed by atoms with E-state index < -0.39 is 10.1 Å². The van der Waals surface area contributed by atoms with Crippen LogP contribution in [0, 0.1) is 6.92 Å². The first-order valence-electron chi connectivity index (χ1n) is 7.54. The second-order valence-electron chi connectivity index (χ2n) is 5.34. The summed E-state index contributed by atoms with van der Waals surface area (Å²) in [6.07, 6.45) is 1.46. The number of aryl methyl sites for hydroxylation is 1. The smallest absolute Gasteiger partial charge is 0.339 e. The fourth-order valence-corrected chi connectivity index (χ4v) is 3.53. The van der Waals surface area contributed by atoms with Gasteiger partial charge in [-0.15, -0.1) is 11.3 Å². The Hall–Kier alpha value is -2.91. The third-order valence-electron chi connectivity index (χ3n) is 3.31. The molecule has 0 aliphatic rings. The molecule has 0 saturated carbocycles. The van der Waals surface area contributed by atoms with E-state index in [1.807, 2.05) is 6.92 Å². The molecular formula is C17H16N4O3S2. The first kappa shape index (κ1) is 17.9. The lowest BCUT2D eigenvalue weighted by Gasteiger charge is -2.09. The Morgan fingerprint density at radius 3 is 2.62 bits per heavy atom. The molecule has 3 aromatic rings. The van der Waals surface area contributed by atoms with E-state index in [2.05, 4.69) is 15.5 Å². The molecule has 0 amide bonds. The second-order valence-corrected chi connectivity index (χ2v) is 7.74. The Morgan fingerprint density at radius 2 is 1.92 bits per heavy atom. The van der Waals surface area contributed by atoms with Crippen LogP contribution in [0.3, 0.4) is 0 Å². The number of para-hydroxylation sites is 1. The van der Waals surface area contributed by atoms with Crippen LogP contribution in [-0.2, 0) is 10.1 Å². The number of aromatic nitrogens is 1. The minimum absolute atomic E-state index is 0.0891. The second kappa shape index (κ2) is 7.54. The summed E-state index contributed by atoms with van der Waals surface area (Å²) in [6, 6.07) is 13.2. The predicted octanol–water partition coefficient (Wildman–Crippen LogP) is 3.25. The van der Waals surface area contributed by atoms with E-state index in [-0.39, 0.29) is 10.6 Å². The van der Waals surface area contributed by atoms with Crippen molar-refractivity contribution < 1.29 is 12.6 Å². The molecule has 3 rings (SSSR count). The number of hydrogen-bond acceptors (Lipinski definition) is 8. The maximum atomic E-state index is 12.5. The highest BCUT2D eigenvalue weighted by molar-refractivity contribution is 7.87. The third-order valence-corrected chi connectivity index (χ3v) is 5.33. The molecule has 9 heteroatoms. The number of nitrogen functional groups attached to an aromatic ring is 1. The first-order chi connectivity index (χ1) is 12.4. The van der Waals surface area contributed by atoms with Crippen molar-refractivity contribution in [2.45, 2.75) is 11.8 Å². The van der Waals surface area contributed by atoms with Gasteiger partial charge in [0, 0.05) is 10.9 Å². The molecule has 26 heavy (non-hydrogen) atoms. The average Bonchev–Trinajstić information content (AvgIpc) is 3.02. The summed E-state index contributed by atoms with van der Waals surface area (Å²) in [5.41, 5.74) is 9.74. The van der Waals surface area contributed by atoms with Crippen LogP contribution in [0.15, 0.2) is 63.9 Å². The van der Waals surface area contributed by atoms with Crippen molar-refractivity contribution in [1.29, 1.82) is 0 Å². The van der Waals surface area contributed by atoms with Gasteiger partial charge < -0.3 is 9.92 Å². The van der Waals surface area contributed by atoms with E-state index in [0.29, 0.717) is 16.5 Å². The van der Waals surface area contributed by atoms with Gasteiger partial charge in [-0.1, -0.05) is 29.8 Å². The zero-order valence-electron chi connectivity index (χ0n) is 13.8. The predicted molar refractivity (Wildman–Crippen MR) is 103 cm³/mol. The molecule has 1 heterocycles. The van der Waals surface area contributed by atoms with E-state index in [1.165, 1.54) is 29.7 Å². The fraction of sp³-hybridized carbons (Fsp3) is 0.0588. The van der Waals surface area contributed by atoms with Gasteiger partial charge in [-0.25, -0.2) is 4.98 Å². The Bertz CT molecular complexity index is 1030. The highest BCUT2D eigenvalue weighted by Gasteiger charge is 2.17. The van der Waals surface area contributed by atoms with Crippen molar-refractivity contribution in [3.63, 3.8) is 0 Å². The molecule has 1 aromatic heterocycles. The van der Waals surface area contributed by atoms with Gasteiger partial charge in [0.25, 0.3) is 0 Å². The minimum atomic E-state index is -3.94. The first-order valence-corrected chi connectivity index (χ1v) is 9.83. The van der Waals surface area contributed by atoms with Crippen molar-refractivity contribution in [2.75, 3.05) is 11.2 Å². The van der Waals surface area contributed by atoms with E-state index >= 15 is 0 Å². The van der Waals surface area contributed by atoms with Crippen molar-refractivity contribution in [3.05, 3.63) is 65.0 Å². The van der Waals surface area contributed by atoms with Gasteiger partial charge in [0.2, 0.25) is 5.13 Å². The maximum absolute atomic E-state index is 12.5. The molecule has 0 bridgehead atoms. The standard InChI is InChI=1S/C17H16N4O3S2/c1-12-6-8-14(9-7-12)26(22,23)24-15-5-3-2-4-13(15)10-19-21-17-20-16(18)11-25-17/h2-11H,18H2,1H3,(H,20,21). The van der Waals surface area contributed by atoms with Crippen molar-refractivity contribution in [2.24, 2.45) is 5.10 Å². The Morgan fingerprint density at radius 1 is 1.19 bits per heavy atom. The zero-order valence-corrected chi connectivity index (χ0v) is 15.4. The molecule has 0 unspecified atom stereocenters. The zero-order chi connectivity index (χ0) is 18.6. The summed E-state index contributed by atoms with van der Waals surface area (Å²) in [4.78, 5) is 4.10. The molecular weight excluding hydrogens is 372 g/mol. The Labute approximate surface area is 155 Å². The molecule has 0 fully saturated rings. The van der Waals surface area contributed by atoms with Gasteiger partial charge in [-0.2, -0.15) is 13.5 Å². The number of thiazole rings is 1. The van der Waals surface area contributed by atoms with Crippen LogP contribution in [0.2, 0.25) is 0 Å². The average molecular weight is 388 g/mol. The normalized spacial score (nSPS) is 11.6. The number of benzene rings is 2. The van der Waals surface area contributed by atoms with E-state index in [0.717, 1.165) is 5.56 Å². The summed E-state index contributed by atoms with van der Waals surface area (Å²) in [5, 5.41) is 6.26. The lowest BCUT2D eigenvalue weighted by atomic mass is 10.2. The number of rotatable bonds is 6. The number of nitrogens with two attached hydrogens (primary N) is 1. The molecule has 2 aromatic carbocycles. The molecule has 0 spiro atoms. The SMILES string of the molecule is Cc1ccc(S(=O)(=O)Oc2ccccc2C=NNc2nc(N)cs2)cc1. The molecule has 134 valence electrons. The topological polar surface area (TPSA) is 107 Å². The van der Waals surface area contributed by atoms with Crippen LogP contribution in [0.1, 0.15) is 11.1 Å². The summed E-state index contributed by atoms with van der Waals surface area (Å²) in [6.45, 7) is 1.88. The van der Waals surface area contributed by atoms with Gasteiger partial charge in [0.05, 0.1) is 6.21 Å². The molecule has 0 radical (unpaired) electrons. The maximum Gasteiger partial charge on any atom is 0.339 e. The summed E-state index contributed by atoms with van der Waals surface area (Å²) < 4.78 is 30.2. The summed E-state index contributed by atoms with van der Waals surface area (Å²) in [7, 11) is -3.94. The van der Waals surface area contributed by atoms with Crippen molar-refractivity contribution >= 4 is 38.6 Å². The van der Waals surface area contributed by atoms with Crippen molar-refractivity contribution in [1.82, 2.24) is 4.98 Å². The highest BCUT2D eigenvalue weighted by Crippen LogP contribution is 2.22. The van der Waals surface area contributed by atoms with Gasteiger partial charge in [-0.3, -0.25) is 5.43 Å². The molecule has 3 N–H and O–H groups in total. The van der Waals surface area contributed by atoms with Gasteiger partial charge >= 0.3 is 10.1 Å². The van der Waals surface area contributed by atoms with E-state index in [1.54, 1.807) is 41.8 Å². The van der Waals surface area contributed by atoms with Crippen LogP contribution in [-0.4, -0.2) is 19.6 Å². The Kier molecular flexibility index (Phi) is 5.19. The van der Waals surface area contributed by atoms with Gasteiger partial charge in [-0.05, 0) is 31.2 Å². The number of hydrogen-bond donors (Lipinski definition) is 2. The number of nitrogens with one attached hydrogen (secondary N) is 1. The number of hydrazone groups is 1. The minimum Gasteiger partial charge on any atom is -0.383 e. The molecule has 0 saturated heterocycles. The number of anilines is 2. The van der Waals surface area contributed by atoms with E-state index in [9.17, 15) is 8.42 Å². The summed E-state index contributed by atoms with van der Waals surface area (Å²) >= 11 is 1.31. The quantitative estimate of drug-likeness (QED) is 0.381. The Balaban J connectivity index is 1.79. The van der Waals surface area contributed by atoms with Crippen LogP contribution < -0.4 is 15.3 Å². The molecule has 0 atom stereocenters. The van der Waals surface area contributed by atoms with Crippen LogP contribution in [0.5, 0.6) is 5.75 Å². The number of nitrogens with zero attached hydrogens (tertiary/aromatic N) is 2. The van der Waals surface area contributed by atoms with Crippen LogP contribution in [0.4, 0.5) is 10.9 Å². The lowest BCUT2D eigenvalue weighted by Crippen LogP contribution is -2.11. The van der Waals surface area contributed by atoms with Crippen LogP contribution in [0.25, 0.3) is 0 Å².